The molecule has 2 amide bonds. The van der Waals surface area contributed by atoms with Crippen LogP contribution >= 0.6 is 0 Å². The van der Waals surface area contributed by atoms with E-state index < -0.39 is 6.10 Å². The van der Waals surface area contributed by atoms with Gasteiger partial charge in [0.05, 0.1) is 5.69 Å². The van der Waals surface area contributed by atoms with Crippen LogP contribution in [0.25, 0.3) is 0 Å². The molecule has 0 aromatic heterocycles. The minimum Gasteiger partial charge on any atom is -0.478 e. The Bertz CT molecular complexity index is 638. The van der Waals surface area contributed by atoms with E-state index in [2.05, 4.69) is 5.32 Å². The van der Waals surface area contributed by atoms with Gasteiger partial charge in [-0.15, -0.1) is 0 Å². The number of amides is 2. The normalized spacial score (nSPS) is 20.9. The van der Waals surface area contributed by atoms with Gasteiger partial charge in [-0.2, -0.15) is 0 Å². The van der Waals surface area contributed by atoms with Crippen LogP contribution in [0.3, 0.4) is 0 Å². The first-order chi connectivity index (χ1) is 11.5. The van der Waals surface area contributed by atoms with Crippen molar-refractivity contribution in [2.75, 3.05) is 17.2 Å². The Morgan fingerprint density at radius 3 is 2.75 bits per heavy atom. The van der Waals surface area contributed by atoms with Crippen molar-refractivity contribution >= 4 is 23.2 Å². The van der Waals surface area contributed by atoms with E-state index in [9.17, 15) is 9.59 Å². The summed E-state index contributed by atoms with van der Waals surface area (Å²) in [6.07, 6.45) is 3.74. The number of benzene rings is 1. The van der Waals surface area contributed by atoms with Gasteiger partial charge in [-0.1, -0.05) is 26.7 Å². The second kappa shape index (κ2) is 6.71. The molecule has 1 aromatic carbocycles. The van der Waals surface area contributed by atoms with Crippen molar-refractivity contribution in [3.8, 4) is 5.75 Å². The minimum absolute atomic E-state index is 0.00692. The Labute approximate surface area is 142 Å². The lowest BCUT2D eigenvalue weighted by Gasteiger charge is -2.35. The molecule has 1 saturated carbocycles. The molecule has 0 spiro atoms. The number of fused-ring (bicyclic) bond motifs is 1. The summed E-state index contributed by atoms with van der Waals surface area (Å²) in [4.78, 5) is 26.7. The molecule has 1 aliphatic carbocycles. The van der Waals surface area contributed by atoms with Crippen LogP contribution in [0.2, 0.25) is 0 Å². The highest BCUT2D eigenvalue weighted by Gasteiger charge is 2.37. The van der Waals surface area contributed by atoms with Crippen molar-refractivity contribution in [1.82, 2.24) is 5.32 Å². The van der Waals surface area contributed by atoms with Gasteiger partial charge in [0.25, 0.3) is 5.91 Å². The van der Waals surface area contributed by atoms with Crippen LogP contribution in [0.5, 0.6) is 5.75 Å². The molecule has 1 aliphatic heterocycles. The van der Waals surface area contributed by atoms with E-state index in [1.165, 1.54) is 4.90 Å². The number of hydrogen-bond donors (Lipinski definition) is 2. The second-order valence-corrected chi connectivity index (χ2v) is 6.98. The molecule has 0 saturated heterocycles. The Morgan fingerprint density at radius 2 is 2.08 bits per heavy atom. The van der Waals surface area contributed by atoms with Crippen LogP contribution in [0.1, 0.15) is 39.5 Å². The fourth-order valence-electron chi connectivity index (χ4n) is 3.38. The van der Waals surface area contributed by atoms with Crippen molar-refractivity contribution < 1.29 is 14.3 Å². The van der Waals surface area contributed by atoms with Crippen molar-refractivity contribution in [2.45, 2.75) is 51.7 Å². The lowest BCUT2D eigenvalue weighted by atomic mass is 10.0. The SMILES string of the molecule is CC(C)C1Oc2cc(N)ccc2N(CC(=O)NC2CCCC2)C1=O. The molecule has 1 heterocycles. The molecular formula is C18H25N3O3. The third-order valence-corrected chi connectivity index (χ3v) is 4.67. The highest BCUT2D eigenvalue weighted by Crippen LogP contribution is 2.37. The van der Waals surface area contributed by atoms with Gasteiger partial charge in [0.1, 0.15) is 12.3 Å². The van der Waals surface area contributed by atoms with Gasteiger partial charge in [0, 0.05) is 17.8 Å². The predicted octanol–water partition coefficient (Wildman–Crippen LogP) is 2.08. The minimum atomic E-state index is -0.599. The van der Waals surface area contributed by atoms with Crippen molar-refractivity contribution in [3.63, 3.8) is 0 Å². The first-order valence-corrected chi connectivity index (χ1v) is 8.62. The van der Waals surface area contributed by atoms with E-state index >= 15 is 0 Å². The number of hydrogen-bond acceptors (Lipinski definition) is 4. The van der Waals surface area contributed by atoms with Gasteiger partial charge in [0.2, 0.25) is 5.91 Å². The van der Waals surface area contributed by atoms with Crippen LogP contribution in [-0.4, -0.2) is 30.5 Å². The third-order valence-electron chi connectivity index (χ3n) is 4.67. The molecular weight excluding hydrogens is 306 g/mol. The maximum absolute atomic E-state index is 12.8. The molecule has 2 aliphatic rings. The lowest BCUT2D eigenvalue weighted by molar-refractivity contribution is -0.130. The largest absolute Gasteiger partial charge is 0.478 e. The summed E-state index contributed by atoms with van der Waals surface area (Å²) in [6.45, 7) is 3.87. The number of nitrogens with two attached hydrogens (primary N) is 1. The fourth-order valence-corrected chi connectivity index (χ4v) is 3.38. The number of carbonyl (C=O) groups excluding carboxylic acids is 2. The quantitative estimate of drug-likeness (QED) is 0.827. The van der Waals surface area contributed by atoms with Gasteiger partial charge in [0.15, 0.2) is 6.10 Å². The highest BCUT2D eigenvalue weighted by molar-refractivity contribution is 6.04. The van der Waals surface area contributed by atoms with E-state index in [1.807, 2.05) is 13.8 Å². The smallest absolute Gasteiger partial charge is 0.268 e. The van der Waals surface area contributed by atoms with Crippen LogP contribution < -0.4 is 20.7 Å². The zero-order chi connectivity index (χ0) is 17.3. The van der Waals surface area contributed by atoms with Crippen LogP contribution in [0.4, 0.5) is 11.4 Å². The molecule has 130 valence electrons. The molecule has 0 radical (unpaired) electrons. The average molecular weight is 331 g/mol. The van der Waals surface area contributed by atoms with Crippen LogP contribution in [0, 0.1) is 5.92 Å². The monoisotopic (exact) mass is 331 g/mol. The Morgan fingerprint density at radius 1 is 1.38 bits per heavy atom. The summed E-state index contributed by atoms with van der Waals surface area (Å²) in [6, 6.07) is 5.40. The number of nitrogens with zero attached hydrogens (tertiary/aromatic N) is 1. The molecule has 3 N–H and O–H groups in total. The van der Waals surface area contributed by atoms with E-state index in [0.717, 1.165) is 25.7 Å². The van der Waals surface area contributed by atoms with Gasteiger partial charge in [-0.3, -0.25) is 14.5 Å². The van der Waals surface area contributed by atoms with Crippen LogP contribution in [0.15, 0.2) is 18.2 Å². The number of nitrogens with one attached hydrogen (secondary N) is 1. The summed E-state index contributed by atoms with van der Waals surface area (Å²) in [5.41, 5.74) is 7.01. The number of anilines is 2. The van der Waals surface area contributed by atoms with Crippen molar-refractivity contribution in [2.24, 2.45) is 5.92 Å². The molecule has 1 atom stereocenters. The zero-order valence-electron chi connectivity index (χ0n) is 14.2. The molecule has 1 aromatic rings. The summed E-state index contributed by atoms with van der Waals surface area (Å²) >= 11 is 0. The molecule has 1 fully saturated rings. The maximum Gasteiger partial charge on any atom is 0.268 e. The summed E-state index contributed by atoms with van der Waals surface area (Å²) in [7, 11) is 0. The van der Waals surface area contributed by atoms with E-state index in [0.29, 0.717) is 17.1 Å². The molecule has 0 bridgehead atoms. The Balaban J connectivity index is 1.81. The average Bonchev–Trinajstić information content (AvgIpc) is 3.02. The highest BCUT2D eigenvalue weighted by atomic mass is 16.5. The molecule has 24 heavy (non-hydrogen) atoms. The first kappa shape index (κ1) is 16.6. The van der Waals surface area contributed by atoms with Crippen LogP contribution in [-0.2, 0) is 9.59 Å². The second-order valence-electron chi connectivity index (χ2n) is 6.98. The number of nitrogen functional groups attached to an aromatic ring is 1. The summed E-state index contributed by atoms with van der Waals surface area (Å²) in [5, 5.41) is 3.03. The van der Waals surface area contributed by atoms with Crippen molar-refractivity contribution in [3.05, 3.63) is 18.2 Å². The van der Waals surface area contributed by atoms with Gasteiger partial charge in [-0.05, 0) is 30.9 Å². The lowest BCUT2D eigenvalue weighted by Crippen LogP contribution is -2.52. The van der Waals surface area contributed by atoms with E-state index in [1.54, 1.807) is 18.2 Å². The van der Waals surface area contributed by atoms with Crippen molar-refractivity contribution in [1.29, 1.82) is 0 Å². The van der Waals surface area contributed by atoms with Gasteiger partial charge in [-0.25, -0.2) is 0 Å². The summed E-state index contributed by atoms with van der Waals surface area (Å²) < 4.78 is 5.83. The number of carbonyl (C=O) groups is 2. The summed E-state index contributed by atoms with van der Waals surface area (Å²) in [5.74, 6) is 0.265. The number of ether oxygens (including phenoxy) is 1. The first-order valence-electron chi connectivity index (χ1n) is 8.62. The van der Waals surface area contributed by atoms with Gasteiger partial charge < -0.3 is 15.8 Å². The van der Waals surface area contributed by atoms with Gasteiger partial charge >= 0.3 is 0 Å². The Kier molecular flexibility index (Phi) is 4.64. The zero-order valence-corrected chi connectivity index (χ0v) is 14.2. The molecule has 3 rings (SSSR count). The maximum atomic E-state index is 12.8. The van der Waals surface area contributed by atoms with E-state index in [4.69, 9.17) is 10.5 Å². The molecule has 1 unspecified atom stereocenters. The molecule has 6 nitrogen and oxygen atoms in total. The third kappa shape index (κ3) is 3.32. The van der Waals surface area contributed by atoms with E-state index in [-0.39, 0.29) is 30.3 Å². The Hall–Kier alpha value is -2.24. The topological polar surface area (TPSA) is 84.7 Å². The predicted molar refractivity (Wildman–Crippen MR) is 92.9 cm³/mol. The number of rotatable bonds is 4. The fraction of sp³-hybridized carbons (Fsp3) is 0.556. The molecule has 6 heteroatoms. The standard InChI is InChI=1S/C18H25N3O3/c1-11(2)17-18(23)21(10-16(22)20-13-5-3-4-6-13)14-8-7-12(19)9-15(14)24-17/h7-9,11,13,17H,3-6,10,19H2,1-2H3,(H,20,22).